The minimum atomic E-state index is 0.338. The fourth-order valence-electron chi connectivity index (χ4n) is 2.06. The van der Waals surface area contributed by atoms with Crippen LogP contribution >= 0.6 is 0 Å². The van der Waals surface area contributed by atoms with E-state index in [2.05, 4.69) is 6.07 Å². The molecule has 3 nitrogen and oxygen atoms in total. The standard InChI is InChI=1S/C16H31NO2/c17-13-9-5-4-8-12-16-19-15-11-7-3-1-2-6-10-14-18/h18H,1-12,14-16H2. The number of aliphatic hydroxyl groups is 1. The summed E-state index contributed by atoms with van der Waals surface area (Å²) in [6, 6.07) is 2.17. The highest BCUT2D eigenvalue weighted by atomic mass is 16.5. The van der Waals surface area contributed by atoms with Gasteiger partial charge in [0, 0.05) is 26.2 Å². The molecule has 0 fully saturated rings. The normalized spacial score (nSPS) is 10.5. The fraction of sp³-hybridized carbons (Fsp3) is 0.938. The molecule has 0 aliphatic heterocycles. The van der Waals surface area contributed by atoms with Crippen molar-refractivity contribution in [3.63, 3.8) is 0 Å². The molecule has 0 bridgehead atoms. The van der Waals surface area contributed by atoms with Crippen LogP contribution in [0.25, 0.3) is 0 Å². The van der Waals surface area contributed by atoms with E-state index in [1.165, 1.54) is 44.9 Å². The lowest BCUT2D eigenvalue weighted by Gasteiger charge is -2.04. The molecule has 0 aliphatic rings. The average molecular weight is 269 g/mol. The first kappa shape index (κ1) is 18.4. The lowest BCUT2D eigenvalue weighted by molar-refractivity contribution is 0.125. The van der Waals surface area contributed by atoms with Crippen LogP contribution in [0.1, 0.15) is 77.0 Å². The second-order valence-electron chi connectivity index (χ2n) is 5.13. The van der Waals surface area contributed by atoms with E-state index in [9.17, 15) is 0 Å². The second kappa shape index (κ2) is 17.4. The predicted molar refractivity (Wildman–Crippen MR) is 78.9 cm³/mol. The zero-order valence-electron chi connectivity index (χ0n) is 12.4. The van der Waals surface area contributed by atoms with Crippen LogP contribution in [-0.2, 0) is 4.74 Å². The van der Waals surface area contributed by atoms with E-state index < -0.39 is 0 Å². The molecule has 0 aromatic rings. The number of nitriles is 1. The molecule has 0 aromatic carbocycles. The van der Waals surface area contributed by atoms with Crippen molar-refractivity contribution in [3.8, 4) is 6.07 Å². The van der Waals surface area contributed by atoms with Crippen LogP contribution in [0, 0.1) is 11.3 Å². The Balaban J connectivity index is 2.90. The molecule has 0 atom stereocenters. The van der Waals surface area contributed by atoms with Crippen molar-refractivity contribution in [1.29, 1.82) is 5.26 Å². The van der Waals surface area contributed by atoms with Crippen LogP contribution in [0.5, 0.6) is 0 Å². The molecule has 0 saturated heterocycles. The zero-order valence-corrected chi connectivity index (χ0v) is 12.4. The Hall–Kier alpha value is -0.590. The Kier molecular flexibility index (Phi) is 16.9. The van der Waals surface area contributed by atoms with Gasteiger partial charge in [0.2, 0.25) is 0 Å². The first-order valence-electron chi connectivity index (χ1n) is 7.97. The van der Waals surface area contributed by atoms with Crippen molar-refractivity contribution >= 4 is 0 Å². The number of aliphatic hydroxyl groups excluding tert-OH is 1. The number of hydrogen-bond acceptors (Lipinski definition) is 3. The summed E-state index contributed by atoms with van der Waals surface area (Å²) in [6.07, 6.45) is 13.6. The van der Waals surface area contributed by atoms with E-state index in [4.69, 9.17) is 15.1 Å². The van der Waals surface area contributed by atoms with E-state index >= 15 is 0 Å². The third-order valence-corrected chi connectivity index (χ3v) is 3.27. The van der Waals surface area contributed by atoms with Crippen LogP contribution in [0.3, 0.4) is 0 Å². The van der Waals surface area contributed by atoms with Gasteiger partial charge in [0.05, 0.1) is 6.07 Å². The van der Waals surface area contributed by atoms with Gasteiger partial charge in [-0.15, -0.1) is 0 Å². The number of hydrogen-bond donors (Lipinski definition) is 1. The Morgan fingerprint density at radius 2 is 1.16 bits per heavy atom. The van der Waals surface area contributed by atoms with Crippen LogP contribution in [-0.4, -0.2) is 24.9 Å². The third-order valence-electron chi connectivity index (χ3n) is 3.27. The molecule has 0 spiro atoms. The van der Waals surface area contributed by atoms with Gasteiger partial charge < -0.3 is 9.84 Å². The van der Waals surface area contributed by atoms with E-state index in [1.807, 2.05) is 0 Å². The van der Waals surface area contributed by atoms with Gasteiger partial charge in [0.15, 0.2) is 0 Å². The Bertz CT molecular complexity index is 201. The van der Waals surface area contributed by atoms with Crippen LogP contribution in [0.2, 0.25) is 0 Å². The molecular formula is C16H31NO2. The van der Waals surface area contributed by atoms with Crippen molar-refractivity contribution < 1.29 is 9.84 Å². The minimum Gasteiger partial charge on any atom is -0.396 e. The number of rotatable bonds is 15. The molecule has 0 amide bonds. The average Bonchev–Trinajstić information content (AvgIpc) is 2.43. The van der Waals surface area contributed by atoms with Gasteiger partial charge in [0.25, 0.3) is 0 Å². The topological polar surface area (TPSA) is 53.2 Å². The number of ether oxygens (including phenoxy) is 1. The smallest absolute Gasteiger partial charge is 0.0621 e. The molecule has 19 heavy (non-hydrogen) atoms. The fourth-order valence-corrected chi connectivity index (χ4v) is 2.06. The molecule has 0 heterocycles. The lowest BCUT2D eigenvalue weighted by atomic mass is 10.1. The van der Waals surface area contributed by atoms with Gasteiger partial charge in [-0.1, -0.05) is 44.9 Å². The van der Waals surface area contributed by atoms with E-state index in [0.29, 0.717) is 13.0 Å². The molecular weight excluding hydrogens is 238 g/mol. The summed E-state index contributed by atoms with van der Waals surface area (Å²) < 4.78 is 5.59. The molecule has 0 radical (unpaired) electrons. The summed E-state index contributed by atoms with van der Waals surface area (Å²) in [4.78, 5) is 0. The van der Waals surface area contributed by atoms with E-state index in [1.54, 1.807) is 0 Å². The molecule has 112 valence electrons. The summed E-state index contributed by atoms with van der Waals surface area (Å²) >= 11 is 0. The third kappa shape index (κ3) is 17.4. The van der Waals surface area contributed by atoms with Gasteiger partial charge in [-0.3, -0.25) is 0 Å². The predicted octanol–water partition coefficient (Wildman–Crippen LogP) is 4.20. The van der Waals surface area contributed by atoms with Crippen molar-refractivity contribution in [2.45, 2.75) is 77.0 Å². The number of nitrogens with zero attached hydrogens (tertiary/aromatic N) is 1. The number of unbranched alkanes of at least 4 members (excludes halogenated alkanes) is 10. The minimum absolute atomic E-state index is 0.338. The van der Waals surface area contributed by atoms with Crippen molar-refractivity contribution in [3.05, 3.63) is 0 Å². The van der Waals surface area contributed by atoms with Crippen LogP contribution < -0.4 is 0 Å². The van der Waals surface area contributed by atoms with Gasteiger partial charge in [-0.25, -0.2) is 0 Å². The largest absolute Gasteiger partial charge is 0.396 e. The maximum Gasteiger partial charge on any atom is 0.0621 e. The highest BCUT2D eigenvalue weighted by molar-refractivity contribution is 4.67. The maximum atomic E-state index is 8.64. The molecule has 0 aliphatic carbocycles. The van der Waals surface area contributed by atoms with Gasteiger partial charge >= 0.3 is 0 Å². The Morgan fingerprint density at radius 1 is 0.684 bits per heavy atom. The van der Waals surface area contributed by atoms with Gasteiger partial charge in [0.1, 0.15) is 0 Å². The van der Waals surface area contributed by atoms with E-state index in [0.717, 1.165) is 38.9 Å². The quantitative estimate of drug-likeness (QED) is 0.453. The first-order chi connectivity index (χ1) is 9.41. The van der Waals surface area contributed by atoms with Crippen molar-refractivity contribution in [1.82, 2.24) is 0 Å². The van der Waals surface area contributed by atoms with Gasteiger partial charge in [-0.05, 0) is 25.7 Å². The highest BCUT2D eigenvalue weighted by Crippen LogP contribution is 2.07. The summed E-state index contributed by atoms with van der Waals surface area (Å²) in [5.41, 5.74) is 0. The molecule has 0 aromatic heterocycles. The molecule has 3 heteroatoms. The molecule has 0 unspecified atom stereocenters. The first-order valence-corrected chi connectivity index (χ1v) is 7.97. The molecule has 0 saturated carbocycles. The Morgan fingerprint density at radius 3 is 1.68 bits per heavy atom. The molecule has 0 rings (SSSR count). The van der Waals surface area contributed by atoms with Crippen molar-refractivity contribution in [2.75, 3.05) is 19.8 Å². The summed E-state index contributed by atoms with van der Waals surface area (Å²) in [5, 5.41) is 17.0. The van der Waals surface area contributed by atoms with Crippen LogP contribution in [0.4, 0.5) is 0 Å². The monoisotopic (exact) mass is 269 g/mol. The van der Waals surface area contributed by atoms with Crippen molar-refractivity contribution in [2.24, 2.45) is 0 Å². The summed E-state index contributed by atoms with van der Waals surface area (Å²) in [7, 11) is 0. The zero-order chi connectivity index (χ0) is 14.0. The maximum absolute atomic E-state index is 8.64. The highest BCUT2D eigenvalue weighted by Gasteiger charge is 1.93. The second-order valence-corrected chi connectivity index (χ2v) is 5.13. The summed E-state index contributed by atoms with van der Waals surface area (Å²) in [5.74, 6) is 0. The lowest BCUT2D eigenvalue weighted by Crippen LogP contribution is -1.97. The van der Waals surface area contributed by atoms with Crippen LogP contribution in [0.15, 0.2) is 0 Å². The summed E-state index contributed by atoms with van der Waals surface area (Å²) in [6.45, 7) is 2.11. The van der Waals surface area contributed by atoms with E-state index in [-0.39, 0.29) is 0 Å². The Labute approximate surface area is 119 Å². The SMILES string of the molecule is N#CCCCCCCOCCCCCCCCCO. The van der Waals surface area contributed by atoms with Gasteiger partial charge in [-0.2, -0.15) is 5.26 Å². The molecule has 1 N–H and O–H groups in total.